The van der Waals surface area contributed by atoms with Crippen molar-refractivity contribution in [1.29, 1.82) is 0 Å². The molecule has 0 spiro atoms. The lowest BCUT2D eigenvalue weighted by Gasteiger charge is -2.50. The van der Waals surface area contributed by atoms with Gasteiger partial charge in [0.1, 0.15) is 12.2 Å². The predicted molar refractivity (Wildman–Crippen MR) is 120 cm³/mol. The van der Waals surface area contributed by atoms with Crippen LogP contribution in [0.15, 0.2) is 0 Å². The van der Waals surface area contributed by atoms with E-state index in [1.54, 1.807) is 0 Å². The Balaban J connectivity index is 1.84. The summed E-state index contributed by atoms with van der Waals surface area (Å²) in [6.07, 6.45) is 3.27. The van der Waals surface area contributed by atoms with Gasteiger partial charge in [0.2, 0.25) is 0 Å². The highest BCUT2D eigenvalue weighted by molar-refractivity contribution is 5.77. The molecule has 2 heterocycles. The number of ether oxygens (including phenoxy) is 2. The zero-order valence-electron chi connectivity index (χ0n) is 21.2. The fourth-order valence-electron chi connectivity index (χ4n) is 5.49. The molecule has 0 aromatic heterocycles. The molecule has 0 aromatic carbocycles. The first-order valence-corrected chi connectivity index (χ1v) is 11.8. The molecule has 2 aliphatic rings. The zero-order chi connectivity index (χ0) is 24.5. The summed E-state index contributed by atoms with van der Waals surface area (Å²) in [5.74, 6) is -0.843. The minimum atomic E-state index is -0.533. The van der Waals surface area contributed by atoms with Crippen LogP contribution in [0.4, 0.5) is 0 Å². The summed E-state index contributed by atoms with van der Waals surface area (Å²) in [7, 11) is 0. The number of hydrogen-bond acceptors (Lipinski definition) is 8. The minimum absolute atomic E-state index is 0.0320. The average molecular weight is 457 g/mol. The lowest BCUT2D eigenvalue weighted by molar-refractivity contribution is -0.259. The Labute approximate surface area is 193 Å². The fourth-order valence-corrected chi connectivity index (χ4v) is 5.49. The van der Waals surface area contributed by atoms with E-state index in [9.17, 15) is 20.0 Å². The van der Waals surface area contributed by atoms with Gasteiger partial charge in [0.05, 0.1) is 12.8 Å². The highest BCUT2D eigenvalue weighted by Gasteiger charge is 2.46. The van der Waals surface area contributed by atoms with E-state index < -0.39 is 28.6 Å². The van der Waals surface area contributed by atoms with Crippen molar-refractivity contribution in [2.75, 3.05) is 0 Å². The first-order valence-electron chi connectivity index (χ1n) is 11.8. The molecule has 186 valence electrons. The minimum Gasteiger partial charge on any atom is -0.462 e. The SMILES string of the molecule is CC1(C)CCCC(OC(=O)CCC(=O)OC2CC(C)(C)N(O)C(C)(C)C2)CC(C)(C)N1O. The first-order chi connectivity index (χ1) is 14.5. The van der Waals surface area contributed by atoms with Crippen LogP contribution in [-0.2, 0) is 19.1 Å². The first kappa shape index (κ1) is 27.0. The molecule has 2 N–H and O–H groups in total. The van der Waals surface area contributed by atoms with Gasteiger partial charge in [0.25, 0.3) is 0 Å². The van der Waals surface area contributed by atoms with Gasteiger partial charge in [0, 0.05) is 41.4 Å². The standard InChI is InChI=1S/C24H44N2O6/c1-21(2)13-9-10-17(14-22(3,4)25(21)29)31-19(27)11-12-20(28)32-18-15-23(5,6)26(30)24(7,8)16-18/h17-18,29-30H,9-16H2,1-8H3. The van der Waals surface area contributed by atoms with Crippen LogP contribution in [0.5, 0.6) is 0 Å². The quantitative estimate of drug-likeness (QED) is 0.585. The molecule has 2 saturated heterocycles. The van der Waals surface area contributed by atoms with Crippen LogP contribution >= 0.6 is 0 Å². The van der Waals surface area contributed by atoms with E-state index in [1.165, 1.54) is 10.1 Å². The van der Waals surface area contributed by atoms with Crippen molar-refractivity contribution < 1.29 is 29.5 Å². The van der Waals surface area contributed by atoms with E-state index in [4.69, 9.17) is 9.47 Å². The topological polar surface area (TPSA) is 99.5 Å². The summed E-state index contributed by atoms with van der Waals surface area (Å²) in [4.78, 5) is 24.8. The number of carbonyl (C=O) groups excluding carboxylic acids is 2. The van der Waals surface area contributed by atoms with Crippen LogP contribution in [0, 0.1) is 0 Å². The molecule has 8 nitrogen and oxygen atoms in total. The molecule has 0 bridgehead atoms. The summed E-state index contributed by atoms with van der Waals surface area (Å²) in [6, 6.07) is 0. The maximum absolute atomic E-state index is 12.4. The second-order valence-corrected chi connectivity index (χ2v) is 12.1. The summed E-state index contributed by atoms with van der Waals surface area (Å²) < 4.78 is 11.3. The number of nitrogens with zero attached hydrogens (tertiary/aromatic N) is 2. The van der Waals surface area contributed by atoms with Gasteiger partial charge in [-0.15, -0.1) is 0 Å². The predicted octanol–water partition coefficient (Wildman–Crippen LogP) is 4.45. The summed E-state index contributed by atoms with van der Waals surface area (Å²) in [5, 5.41) is 23.8. The van der Waals surface area contributed by atoms with Gasteiger partial charge in [-0.05, 0) is 74.7 Å². The van der Waals surface area contributed by atoms with Gasteiger partial charge in [-0.1, -0.05) is 0 Å². The molecule has 2 rings (SSSR count). The van der Waals surface area contributed by atoms with Crippen LogP contribution in [-0.4, -0.2) is 66.8 Å². The Hall–Kier alpha value is -1.22. The van der Waals surface area contributed by atoms with Crippen LogP contribution in [0.3, 0.4) is 0 Å². The highest BCUT2D eigenvalue weighted by Crippen LogP contribution is 2.38. The molecule has 0 amide bonds. The maximum Gasteiger partial charge on any atom is 0.306 e. The highest BCUT2D eigenvalue weighted by atomic mass is 16.6. The van der Waals surface area contributed by atoms with Gasteiger partial charge in [-0.3, -0.25) is 9.59 Å². The number of piperidine rings is 1. The van der Waals surface area contributed by atoms with Gasteiger partial charge < -0.3 is 19.9 Å². The number of esters is 2. The lowest BCUT2D eigenvalue weighted by Crippen LogP contribution is -2.60. The van der Waals surface area contributed by atoms with E-state index >= 15 is 0 Å². The van der Waals surface area contributed by atoms with Crippen molar-refractivity contribution >= 4 is 11.9 Å². The van der Waals surface area contributed by atoms with Crippen molar-refractivity contribution in [2.24, 2.45) is 0 Å². The Kier molecular flexibility index (Phi) is 8.08. The normalized spacial score (nSPS) is 28.4. The lowest BCUT2D eigenvalue weighted by atomic mass is 9.80. The molecule has 1 unspecified atom stereocenters. The third-order valence-electron chi connectivity index (χ3n) is 6.92. The van der Waals surface area contributed by atoms with Gasteiger partial charge in [-0.25, -0.2) is 0 Å². The Morgan fingerprint density at radius 3 is 1.56 bits per heavy atom. The van der Waals surface area contributed by atoms with Crippen LogP contribution < -0.4 is 0 Å². The molecule has 0 saturated carbocycles. The Morgan fingerprint density at radius 1 is 0.719 bits per heavy atom. The number of carbonyl (C=O) groups is 2. The molecule has 1 atom stereocenters. The van der Waals surface area contributed by atoms with Crippen LogP contribution in [0.1, 0.15) is 107 Å². The molecular weight excluding hydrogens is 412 g/mol. The van der Waals surface area contributed by atoms with Crippen molar-refractivity contribution in [3.8, 4) is 0 Å². The van der Waals surface area contributed by atoms with Crippen molar-refractivity contribution in [3.63, 3.8) is 0 Å². The molecule has 0 aromatic rings. The molecule has 32 heavy (non-hydrogen) atoms. The largest absolute Gasteiger partial charge is 0.462 e. The monoisotopic (exact) mass is 456 g/mol. The third-order valence-corrected chi connectivity index (χ3v) is 6.92. The van der Waals surface area contributed by atoms with E-state index in [1.807, 2.05) is 55.4 Å². The van der Waals surface area contributed by atoms with Gasteiger partial charge >= 0.3 is 11.9 Å². The molecule has 0 radical (unpaired) electrons. The van der Waals surface area contributed by atoms with Crippen molar-refractivity contribution in [3.05, 3.63) is 0 Å². The second-order valence-electron chi connectivity index (χ2n) is 12.1. The van der Waals surface area contributed by atoms with E-state index in [0.717, 1.165) is 19.3 Å². The molecular formula is C24H44N2O6. The summed E-state index contributed by atoms with van der Waals surface area (Å²) in [5.41, 5.74) is -1.88. The smallest absolute Gasteiger partial charge is 0.306 e. The number of rotatable bonds is 5. The molecule has 8 heteroatoms. The van der Waals surface area contributed by atoms with Gasteiger partial charge in [-0.2, -0.15) is 10.1 Å². The van der Waals surface area contributed by atoms with E-state index in [-0.39, 0.29) is 30.6 Å². The number of hydroxylamine groups is 4. The maximum atomic E-state index is 12.4. The molecule has 2 fully saturated rings. The van der Waals surface area contributed by atoms with Crippen molar-refractivity contribution in [2.45, 2.75) is 141 Å². The number of hydrogen-bond donors (Lipinski definition) is 2. The fraction of sp³-hybridized carbons (Fsp3) is 0.917. The Morgan fingerprint density at radius 2 is 1.09 bits per heavy atom. The molecule has 2 aliphatic heterocycles. The van der Waals surface area contributed by atoms with Crippen LogP contribution in [0.25, 0.3) is 0 Å². The second kappa shape index (κ2) is 9.57. The zero-order valence-corrected chi connectivity index (χ0v) is 21.2. The van der Waals surface area contributed by atoms with E-state index in [0.29, 0.717) is 19.3 Å². The van der Waals surface area contributed by atoms with Gasteiger partial charge in [0.15, 0.2) is 0 Å². The van der Waals surface area contributed by atoms with Crippen LogP contribution in [0.2, 0.25) is 0 Å². The summed E-state index contributed by atoms with van der Waals surface area (Å²) >= 11 is 0. The van der Waals surface area contributed by atoms with E-state index in [2.05, 4.69) is 0 Å². The van der Waals surface area contributed by atoms with Crippen molar-refractivity contribution in [1.82, 2.24) is 10.1 Å². The Bertz CT molecular complexity index is 670. The summed E-state index contributed by atoms with van der Waals surface area (Å²) in [6.45, 7) is 15.6. The molecule has 0 aliphatic carbocycles. The average Bonchev–Trinajstić information content (AvgIpc) is 2.62. The third kappa shape index (κ3) is 6.65.